The maximum absolute atomic E-state index is 12.8. The highest BCUT2D eigenvalue weighted by molar-refractivity contribution is 6.00. The zero-order valence-corrected chi connectivity index (χ0v) is 15.4. The first-order valence-corrected chi connectivity index (χ1v) is 8.69. The number of hydrogen-bond acceptors (Lipinski definition) is 3. The summed E-state index contributed by atoms with van der Waals surface area (Å²) >= 11 is 0. The van der Waals surface area contributed by atoms with E-state index in [4.69, 9.17) is 0 Å². The molecule has 0 spiro atoms. The van der Waals surface area contributed by atoms with E-state index in [-0.39, 0.29) is 24.3 Å². The third kappa shape index (κ3) is 5.84. The van der Waals surface area contributed by atoms with Crippen molar-refractivity contribution in [2.75, 3.05) is 0 Å². The molecule has 0 radical (unpaired) electrons. The lowest BCUT2D eigenvalue weighted by Crippen LogP contribution is -2.32. The highest BCUT2D eigenvalue weighted by atomic mass is 16.2. The van der Waals surface area contributed by atoms with Crippen LogP contribution in [0, 0.1) is 0 Å². The number of amides is 2. The molecular formula is C21H25N3O2. The van der Waals surface area contributed by atoms with Crippen LogP contribution in [-0.2, 0) is 9.59 Å². The molecule has 0 heterocycles. The van der Waals surface area contributed by atoms with Crippen molar-refractivity contribution < 1.29 is 9.59 Å². The molecule has 5 nitrogen and oxygen atoms in total. The van der Waals surface area contributed by atoms with E-state index >= 15 is 0 Å². The Hall–Kier alpha value is -2.95. The number of hydrogen-bond donors (Lipinski definition) is 2. The van der Waals surface area contributed by atoms with Crippen molar-refractivity contribution in [1.29, 1.82) is 0 Å². The van der Waals surface area contributed by atoms with E-state index in [2.05, 4.69) is 15.8 Å². The van der Waals surface area contributed by atoms with Gasteiger partial charge in [0, 0.05) is 11.8 Å². The van der Waals surface area contributed by atoms with Crippen LogP contribution in [0.2, 0.25) is 0 Å². The smallest absolute Gasteiger partial charge is 0.252 e. The number of nitrogens with one attached hydrogen (secondary N) is 2. The predicted octanol–water partition coefficient (Wildman–Crippen LogP) is 3.23. The molecule has 0 atom stereocenters. The molecule has 0 fully saturated rings. The maximum Gasteiger partial charge on any atom is 0.252 e. The van der Waals surface area contributed by atoms with Crippen LogP contribution in [0.5, 0.6) is 0 Å². The molecule has 5 heteroatoms. The SMILES string of the molecule is C/C(CC(=O)NC(C)C)=N\NC(=O)C(c1ccccc1)c1ccccc1. The second-order valence-electron chi connectivity index (χ2n) is 6.48. The minimum atomic E-state index is -0.460. The average Bonchev–Trinajstić information content (AvgIpc) is 2.61. The van der Waals surface area contributed by atoms with E-state index in [0.717, 1.165) is 11.1 Å². The summed E-state index contributed by atoms with van der Waals surface area (Å²) in [6.07, 6.45) is 0.153. The van der Waals surface area contributed by atoms with E-state index in [1.54, 1.807) is 6.92 Å². The zero-order valence-electron chi connectivity index (χ0n) is 15.4. The van der Waals surface area contributed by atoms with Gasteiger partial charge in [-0.25, -0.2) is 5.43 Å². The summed E-state index contributed by atoms with van der Waals surface area (Å²) in [5, 5.41) is 6.90. The first-order valence-electron chi connectivity index (χ1n) is 8.69. The molecule has 0 saturated carbocycles. The van der Waals surface area contributed by atoms with Gasteiger partial charge in [0.05, 0.1) is 12.3 Å². The summed E-state index contributed by atoms with van der Waals surface area (Å²) in [7, 11) is 0. The molecule has 0 aromatic heterocycles. The summed E-state index contributed by atoms with van der Waals surface area (Å²) in [6.45, 7) is 5.52. The van der Waals surface area contributed by atoms with Gasteiger partial charge in [0.2, 0.25) is 5.91 Å². The number of nitrogens with zero attached hydrogens (tertiary/aromatic N) is 1. The third-order valence-electron chi connectivity index (χ3n) is 3.75. The molecule has 2 rings (SSSR count). The van der Waals surface area contributed by atoms with Gasteiger partial charge in [-0.15, -0.1) is 0 Å². The van der Waals surface area contributed by atoms with Crippen LogP contribution in [0.25, 0.3) is 0 Å². The van der Waals surface area contributed by atoms with Gasteiger partial charge >= 0.3 is 0 Å². The monoisotopic (exact) mass is 351 g/mol. The molecule has 0 bridgehead atoms. The summed E-state index contributed by atoms with van der Waals surface area (Å²) in [5.74, 6) is -0.803. The van der Waals surface area contributed by atoms with Crippen LogP contribution in [0.15, 0.2) is 65.8 Å². The van der Waals surface area contributed by atoms with Crippen LogP contribution in [0.1, 0.15) is 44.2 Å². The van der Waals surface area contributed by atoms with Crippen molar-refractivity contribution >= 4 is 17.5 Å². The van der Waals surface area contributed by atoms with Gasteiger partial charge in [-0.1, -0.05) is 60.7 Å². The second kappa shape index (κ2) is 9.51. The predicted molar refractivity (Wildman–Crippen MR) is 104 cm³/mol. The lowest BCUT2D eigenvalue weighted by atomic mass is 9.91. The maximum atomic E-state index is 12.8. The van der Waals surface area contributed by atoms with Crippen molar-refractivity contribution in [3.63, 3.8) is 0 Å². The van der Waals surface area contributed by atoms with E-state index < -0.39 is 5.92 Å². The van der Waals surface area contributed by atoms with Crippen LogP contribution in [-0.4, -0.2) is 23.6 Å². The van der Waals surface area contributed by atoms with Gasteiger partial charge in [-0.05, 0) is 31.9 Å². The summed E-state index contributed by atoms with van der Waals surface area (Å²) in [6, 6.07) is 19.2. The molecule has 2 N–H and O–H groups in total. The number of hydrazone groups is 1. The Kier molecular flexibility index (Phi) is 7.09. The number of carbonyl (C=O) groups excluding carboxylic acids is 2. The van der Waals surface area contributed by atoms with E-state index in [9.17, 15) is 9.59 Å². The number of carbonyl (C=O) groups is 2. The average molecular weight is 351 g/mol. The molecule has 2 aromatic rings. The Morgan fingerprint density at radius 3 is 1.88 bits per heavy atom. The lowest BCUT2D eigenvalue weighted by Gasteiger charge is -2.16. The van der Waals surface area contributed by atoms with Crippen molar-refractivity contribution in [3.05, 3.63) is 71.8 Å². The van der Waals surface area contributed by atoms with Crippen LogP contribution in [0.3, 0.4) is 0 Å². The largest absolute Gasteiger partial charge is 0.354 e. The van der Waals surface area contributed by atoms with Crippen molar-refractivity contribution in [2.45, 2.75) is 39.2 Å². The summed E-state index contributed by atoms with van der Waals surface area (Å²) in [4.78, 5) is 24.6. The van der Waals surface area contributed by atoms with Crippen LogP contribution < -0.4 is 10.7 Å². The zero-order chi connectivity index (χ0) is 18.9. The Labute approximate surface area is 154 Å². The highest BCUT2D eigenvalue weighted by Gasteiger charge is 2.22. The van der Waals surface area contributed by atoms with Gasteiger partial charge < -0.3 is 5.32 Å². The van der Waals surface area contributed by atoms with Gasteiger partial charge in [-0.3, -0.25) is 9.59 Å². The Morgan fingerprint density at radius 2 is 1.42 bits per heavy atom. The van der Waals surface area contributed by atoms with E-state index in [0.29, 0.717) is 5.71 Å². The quantitative estimate of drug-likeness (QED) is 0.594. The first-order chi connectivity index (χ1) is 12.5. The molecule has 2 aromatic carbocycles. The molecule has 0 unspecified atom stereocenters. The van der Waals surface area contributed by atoms with Gasteiger partial charge in [0.1, 0.15) is 0 Å². The van der Waals surface area contributed by atoms with Gasteiger partial charge in [0.25, 0.3) is 5.91 Å². The number of rotatable bonds is 7. The molecule has 2 amide bonds. The Balaban J connectivity index is 2.12. The van der Waals surface area contributed by atoms with E-state index in [1.165, 1.54) is 0 Å². The Morgan fingerprint density at radius 1 is 0.923 bits per heavy atom. The molecule has 136 valence electrons. The standard InChI is InChI=1S/C21H25N3O2/c1-15(2)22-19(25)14-16(3)23-24-21(26)20(17-10-6-4-7-11-17)18-12-8-5-9-13-18/h4-13,15,20H,14H2,1-3H3,(H,22,25)(H,24,26)/b23-16+. The Bertz CT molecular complexity index is 716. The fourth-order valence-electron chi connectivity index (χ4n) is 2.65. The number of benzene rings is 2. The summed E-state index contributed by atoms with van der Waals surface area (Å²) in [5.41, 5.74) is 4.94. The van der Waals surface area contributed by atoms with Crippen LogP contribution >= 0.6 is 0 Å². The topological polar surface area (TPSA) is 70.6 Å². The van der Waals surface area contributed by atoms with E-state index in [1.807, 2.05) is 74.5 Å². The molecule has 26 heavy (non-hydrogen) atoms. The minimum Gasteiger partial charge on any atom is -0.354 e. The molecule has 0 aliphatic heterocycles. The van der Waals surface area contributed by atoms with Gasteiger partial charge in [-0.2, -0.15) is 5.10 Å². The molecule has 0 aliphatic rings. The van der Waals surface area contributed by atoms with Crippen LogP contribution in [0.4, 0.5) is 0 Å². The molecule has 0 saturated heterocycles. The highest BCUT2D eigenvalue weighted by Crippen LogP contribution is 2.24. The first kappa shape index (κ1) is 19.4. The van der Waals surface area contributed by atoms with Crippen molar-refractivity contribution in [3.8, 4) is 0 Å². The molecule has 0 aliphatic carbocycles. The lowest BCUT2D eigenvalue weighted by molar-refractivity contribution is -0.122. The third-order valence-corrected chi connectivity index (χ3v) is 3.75. The fraction of sp³-hybridized carbons (Fsp3) is 0.286. The second-order valence-corrected chi connectivity index (χ2v) is 6.48. The molecular weight excluding hydrogens is 326 g/mol. The summed E-state index contributed by atoms with van der Waals surface area (Å²) < 4.78 is 0. The van der Waals surface area contributed by atoms with Gasteiger partial charge in [0.15, 0.2) is 0 Å². The minimum absolute atomic E-state index is 0.0745. The van der Waals surface area contributed by atoms with Crippen molar-refractivity contribution in [2.24, 2.45) is 5.10 Å². The van der Waals surface area contributed by atoms with Crippen molar-refractivity contribution in [1.82, 2.24) is 10.7 Å². The normalized spacial score (nSPS) is 11.5. The fourth-order valence-corrected chi connectivity index (χ4v) is 2.65.